The third-order valence-electron chi connectivity index (χ3n) is 6.34. The van der Waals surface area contributed by atoms with Gasteiger partial charge in [-0.2, -0.15) is 15.0 Å². The van der Waals surface area contributed by atoms with Gasteiger partial charge in [0.2, 0.25) is 17.8 Å². The monoisotopic (exact) mass is 667 g/mol. The molecule has 46 heavy (non-hydrogen) atoms. The van der Waals surface area contributed by atoms with E-state index in [1.54, 1.807) is 73.7 Å². The van der Waals surface area contributed by atoms with Crippen LogP contribution in [0.25, 0.3) is 0 Å². The molecule has 1 amide bonds. The number of carbonyl (C=O) groups excluding carboxylic acids is 2. The number of anilines is 5. The molecule has 0 aliphatic heterocycles. The molecule has 1 heterocycles. The molecule has 242 valence electrons. The molecular formula is C32H35Cl2N7O5. The number of rotatable bonds is 18. The summed E-state index contributed by atoms with van der Waals surface area (Å²) in [7, 11) is 0. The Morgan fingerprint density at radius 3 is 2.02 bits per heavy atom. The summed E-state index contributed by atoms with van der Waals surface area (Å²) in [5.41, 5.74) is 2.54. The molecule has 0 saturated heterocycles. The van der Waals surface area contributed by atoms with E-state index in [1.165, 1.54) is 0 Å². The molecular weight excluding hydrogens is 633 g/mol. The van der Waals surface area contributed by atoms with Gasteiger partial charge in [0.05, 0.1) is 19.8 Å². The molecule has 12 nitrogen and oxygen atoms in total. The summed E-state index contributed by atoms with van der Waals surface area (Å²) in [4.78, 5) is 37.1. The van der Waals surface area contributed by atoms with Gasteiger partial charge in [-0.15, -0.1) is 0 Å². The summed E-state index contributed by atoms with van der Waals surface area (Å²) in [6, 6.07) is 18.4. The number of benzene rings is 3. The fraction of sp³-hybridized carbons (Fsp3) is 0.281. The lowest BCUT2D eigenvalue weighted by Gasteiger charge is -2.12. The van der Waals surface area contributed by atoms with Gasteiger partial charge in [0.1, 0.15) is 11.5 Å². The van der Waals surface area contributed by atoms with E-state index in [9.17, 15) is 14.7 Å². The Hall–Kier alpha value is -4.49. The predicted octanol–water partition coefficient (Wildman–Crippen LogP) is 6.12. The molecule has 0 fully saturated rings. The van der Waals surface area contributed by atoms with Crippen LogP contribution < -0.4 is 21.3 Å². The Morgan fingerprint density at radius 1 is 0.783 bits per heavy atom. The lowest BCUT2D eigenvalue weighted by Crippen LogP contribution is -2.22. The molecule has 0 atom stereocenters. The van der Waals surface area contributed by atoms with Gasteiger partial charge >= 0.3 is 0 Å². The lowest BCUT2D eigenvalue weighted by atomic mass is 10.1. The summed E-state index contributed by atoms with van der Waals surface area (Å²) in [5, 5.41) is 22.9. The van der Waals surface area contributed by atoms with Crippen molar-refractivity contribution in [1.82, 2.24) is 20.3 Å². The molecule has 4 aromatic rings. The maximum absolute atomic E-state index is 12.7. The zero-order valence-electron chi connectivity index (χ0n) is 25.2. The number of hydrogen-bond donors (Lipinski definition) is 5. The average molecular weight is 669 g/mol. The van der Waals surface area contributed by atoms with Gasteiger partial charge in [0, 0.05) is 53.1 Å². The summed E-state index contributed by atoms with van der Waals surface area (Å²) in [5.74, 6) is 0.861. The van der Waals surface area contributed by atoms with Gasteiger partial charge in [-0.25, -0.2) is 0 Å². The van der Waals surface area contributed by atoms with Gasteiger partial charge in [0.15, 0.2) is 0 Å². The number of phenols is 1. The molecule has 0 unspecified atom stereocenters. The zero-order valence-corrected chi connectivity index (χ0v) is 26.7. The van der Waals surface area contributed by atoms with E-state index < -0.39 is 0 Å². The van der Waals surface area contributed by atoms with Crippen molar-refractivity contribution in [1.29, 1.82) is 0 Å². The van der Waals surface area contributed by atoms with Crippen LogP contribution in [-0.4, -0.2) is 64.7 Å². The van der Waals surface area contributed by atoms with Crippen LogP contribution in [0, 0.1) is 0 Å². The average Bonchev–Trinajstić information content (AvgIpc) is 3.02. The number of amides is 1. The molecule has 4 rings (SSSR count). The molecule has 1 aromatic heterocycles. The van der Waals surface area contributed by atoms with Crippen molar-refractivity contribution >= 4 is 64.1 Å². The molecule has 0 aliphatic rings. The Labute approximate surface area is 276 Å². The van der Waals surface area contributed by atoms with Crippen molar-refractivity contribution in [2.75, 3.05) is 48.9 Å². The third kappa shape index (κ3) is 11.8. The molecule has 0 spiro atoms. The second-order valence-corrected chi connectivity index (χ2v) is 10.9. The smallest absolute Gasteiger partial charge is 0.251 e. The molecule has 0 saturated carbocycles. The molecule has 0 radical (unpaired) electrons. The summed E-state index contributed by atoms with van der Waals surface area (Å²) in [6.45, 7) is 4.02. The van der Waals surface area contributed by atoms with E-state index in [4.69, 9.17) is 32.7 Å². The molecule has 3 aromatic carbocycles. The SMILES string of the molecule is CC(=O)CCCOCCOCCNc1nc(Nc2ccc(O)cc2)nc(Nc2ccc(C(=O)NCc3ccc(Cl)cc3Cl)cc2)n1. The van der Waals surface area contributed by atoms with Gasteiger partial charge in [0.25, 0.3) is 5.91 Å². The Morgan fingerprint density at radius 2 is 1.39 bits per heavy atom. The van der Waals surface area contributed by atoms with Crippen LogP contribution in [-0.2, 0) is 20.8 Å². The van der Waals surface area contributed by atoms with Crippen LogP contribution in [0.3, 0.4) is 0 Å². The highest BCUT2D eigenvalue weighted by molar-refractivity contribution is 6.35. The van der Waals surface area contributed by atoms with Gasteiger partial charge < -0.3 is 40.6 Å². The van der Waals surface area contributed by atoms with E-state index in [1.807, 2.05) is 0 Å². The fourth-order valence-corrected chi connectivity index (χ4v) is 4.47. The van der Waals surface area contributed by atoms with Gasteiger partial charge in [-0.3, -0.25) is 4.79 Å². The van der Waals surface area contributed by atoms with Crippen LogP contribution in [0.15, 0.2) is 66.7 Å². The Balaban J connectivity index is 1.33. The molecule has 5 N–H and O–H groups in total. The number of nitrogens with one attached hydrogen (secondary N) is 4. The number of nitrogens with zero attached hydrogens (tertiary/aromatic N) is 3. The number of ketones is 1. The van der Waals surface area contributed by atoms with Crippen LogP contribution in [0.5, 0.6) is 5.75 Å². The Kier molecular flexibility index (Phi) is 13.3. The summed E-state index contributed by atoms with van der Waals surface area (Å²) in [6.07, 6.45) is 1.22. The second kappa shape index (κ2) is 17.9. The van der Waals surface area contributed by atoms with Crippen molar-refractivity contribution in [2.45, 2.75) is 26.3 Å². The van der Waals surface area contributed by atoms with E-state index in [0.717, 1.165) is 5.56 Å². The first-order valence-corrected chi connectivity index (χ1v) is 15.3. The van der Waals surface area contributed by atoms with Crippen molar-refractivity contribution < 1.29 is 24.2 Å². The third-order valence-corrected chi connectivity index (χ3v) is 6.92. The topological polar surface area (TPSA) is 160 Å². The summed E-state index contributed by atoms with van der Waals surface area (Å²) >= 11 is 12.2. The highest BCUT2D eigenvalue weighted by atomic mass is 35.5. The highest BCUT2D eigenvalue weighted by Gasteiger charge is 2.11. The number of hydrogen-bond acceptors (Lipinski definition) is 11. The number of aromatic nitrogens is 3. The Bertz CT molecular complexity index is 1590. The highest BCUT2D eigenvalue weighted by Crippen LogP contribution is 2.22. The van der Waals surface area contributed by atoms with E-state index in [-0.39, 0.29) is 35.9 Å². The number of carbonyl (C=O) groups is 2. The maximum Gasteiger partial charge on any atom is 0.251 e. The standard InChI is InChI=1S/C32H35Cl2N7O5/c1-21(42)3-2-15-45-17-18-46-16-14-35-30-39-31(41-32(40-30)38-26-10-12-27(43)13-11-26)37-25-8-5-22(6-9-25)29(44)36-20-23-4-7-24(33)19-28(23)34/h4-13,19,43H,2-3,14-18,20H2,1H3,(H,36,44)(H3,35,37,38,39,40,41). The zero-order chi connectivity index (χ0) is 32.7. The van der Waals surface area contributed by atoms with Crippen molar-refractivity contribution in [3.8, 4) is 5.75 Å². The number of Topliss-reactive ketones (excluding diaryl/α,β-unsaturated/α-hetero) is 1. The molecule has 0 aliphatic carbocycles. The van der Waals surface area contributed by atoms with Crippen LogP contribution in [0.4, 0.5) is 29.2 Å². The van der Waals surface area contributed by atoms with E-state index in [2.05, 4.69) is 36.2 Å². The first-order valence-electron chi connectivity index (χ1n) is 14.6. The summed E-state index contributed by atoms with van der Waals surface area (Å²) < 4.78 is 11.1. The first-order chi connectivity index (χ1) is 22.2. The van der Waals surface area contributed by atoms with E-state index in [0.29, 0.717) is 78.7 Å². The number of halogens is 2. The van der Waals surface area contributed by atoms with Crippen LogP contribution in [0.1, 0.15) is 35.7 Å². The minimum Gasteiger partial charge on any atom is -0.508 e. The minimum atomic E-state index is -0.258. The molecule has 0 bridgehead atoms. The largest absolute Gasteiger partial charge is 0.508 e. The second-order valence-electron chi connectivity index (χ2n) is 10.1. The predicted molar refractivity (Wildman–Crippen MR) is 179 cm³/mol. The lowest BCUT2D eigenvalue weighted by molar-refractivity contribution is -0.117. The van der Waals surface area contributed by atoms with Crippen LogP contribution in [0.2, 0.25) is 10.0 Å². The normalized spacial score (nSPS) is 10.8. The number of aromatic hydroxyl groups is 1. The van der Waals surface area contributed by atoms with Crippen molar-refractivity contribution in [2.24, 2.45) is 0 Å². The maximum atomic E-state index is 12.7. The van der Waals surface area contributed by atoms with Crippen molar-refractivity contribution in [3.63, 3.8) is 0 Å². The minimum absolute atomic E-state index is 0.137. The van der Waals surface area contributed by atoms with Gasteiger partial charge in [-0.1, -0.05) is 29.3 Å². The van der Waals surface area contributed by atoms with E-state index >= 15 is 0 Å². The van der Waals surface area contributed by atoms with Gasteiger partial charge in [-0.05, 0) is 79.6 Å². The van der Waals surface area contributed by atoms with Crippen molar-refractivity contribution in [3.05, 3.63) is 87.9 Å². The molecule has 14 heteroatoms. The number of ether oxygens (including phenoxy) is 2. The number of phenolic OH excluding ortho intramolecular Hbond substituents is 1. The fourth-order valence-electron chi connectivity index (χ4n) is 4.00. The van der Waals surface area contributed by atoms with Crippen LogP contribution >= 0.6 is 23.2 Å². The first kappa shape index (κ1) is 34.4. The quantitative estimate of drug-likeness (QED) is 0.0615.